The topological polar surface area (TPSA) is 72.6 Å². The minimum Gasteiger partial charge on any atom is -0.378 e. The number of sulfonamides is 1. The van der Waals surface area contributed by atoms with Gasteiger partial charge in [0.2, 0.25) is 10.0 Å². The Labute approximate surface area is 125 Å². The van der Waals surface area contributed by atoms with Gasteiger partial charge in [0.25, 0.3) is 0 Å². The maximum absolute atomic E-state index is 12.7. The summed E-state index contributed by atoms with van der Waals surface area (Å²) in [6.45, 7) is 3.62. The molecule has 1 fully saturated rings. The molecule has 2 rings (SSSR count). The molecule has 8 heteroatoms. The van der Waals surface area contributed by atoms with Crippen LogP contribution in [0.5, 0.6) is 0 Å². The normalized spacial score (nSPS) is 21.7. The SMILES string of the molecule is CCC1COCCN1S(=O)(=O)c1cc(CN)sc1Br. The van der Waals surface area contributed by atoms with Gasteiger partial charge in [-0.15, -0.1) is 11.3 Å². The van der Waals surface area contributed by atoms with Crippen LogP contribution in [0.1, 0.15) is 18.2 Å². The lowest BCUT2D eigenvalue weighted by Gasteiger charge is -2.33. The van der Waals surface area contributed by atoms with Crippen LogP contribution in [-0.4, -0.2) is 38.5 Å². The summed E-state index contributed by atoms with van der Waals surface area (Å²) in [7, 11) is -3.48. The molecule has 19 heavy (non-hydrogen) atoms. The van der Waals surface area contributed by atoms with E-state index in [4.69, 9.17) is 10.5 Å². The number of thiophene rings is 1. The lowest BCUT2D eigenvalue weighted by Crippen LogP contribution is -2.48. The van der Waals surface area contributed by atoms with Gasteiger partial charge in [0.1, 0.15) is 4.90 Å². The fraction of sp³-hybridized carbons (Fsp3) is 0.636. The Morgan fingerprint density at radius 1 is 1.63 bits per heavy atom. The van der Waals surface area contributed by atoms with Gasteiger partial charge in [-0.3, -0.25) is 0 Å². The fourth-order valence-electron chi connectivity index (χ4n) is 2.08. The molecule has 1 aliphatic rings. The van der Waals surface area contributed by atoms with Crippen LogP contribution in [0.3, 0.4) is 0 Å². The summed E-state index contributed by atoms with van der Waals surface area (Å²) < 4.78 is 32.9. The van der Waals surface area contributed by atoms with E-state index in [0.29, 0.717) is 35.0 Å². The fourth-order valence-corrected chi connectivity index (χ4v) is 6.26. The van der Waals surface area contributed by atoms with Crippen molar-refractivity contribution < 1.29 is 13.2 Å². The van der Waals surface area contributed by atoms with Crippen LogP contribution in [0.2, 0.25) is 0 Å². The Morgan fingerprint density at radius 2 is 2.37 bits per heavy atom. The van der Waals surface area contributed by atoms with E-state index in [1.54, 1.807) is 10.4 Å². The number of nitrogens with two attached hydrogens (primary N) is 1. The van der Waals surface area contributed by atoms with Gasteiger partial charge in [0.15, 0.2) is 0 Å². The molecule has 2 N–H and O–H groups in total. The van der Waals surface area contributed by atoms with E-state index in [1.165, 1.54) is 11.3 Å². The maximum Gasteiger partial charge on any atom is 0.245 e. The minimum atomic E-state index is -3.48. The Balaban J connectivity index is 2.37. The summed E-state index contributed by atoms with van der Waals surface area (Å²) >= 11 is 4.70. The van der Waals surface area contributed by atoms with E-state index in [9.17, 15) is 8.42 Å². The van der Waals surface area contributed by atoms with Crippen molar-refractivity contribution in [3.05, 3.63) is 14.7 Å². The van der Waals surface area contributed by atoms with Gasteiger partial charge in [0, 0.05) is 24.0 Å². The monoisotopic (exact) mass is 368 g/mol. The van der Waals surface area contributed by atoms with Gasteiger partial charge < -0.3 is 10.5 Å². The molecule has 1 atom stereocenters. The van der Waals surface area contributed by atoms with Crippen LogP contribution in [0.15, 0.2) is 14.7 Å². The van der Waals surface area contributed by atoms with Crippen LogP contribution in [0.25, 0.3) is 0 Å². The molecule has 1 unspecified atom stereocenters. The average molecular weight is 369 g/mol. The summed E-state index contributed by atoms with van der Waals surface area (Å²) in [4.78, 5) is 1.17. The zero-order valence-electron chi connectivity index (χ0n) is 10.6. The second-order valence-corrected chi connectivity index (χ2v) is 8.62. The average Bonchev–Trinajstić information content (AvgIpc) is 2.80. The van der Waals surface area contributed by atoms with E-state index in [-0.39, 0.29) is 6.04 Å². The first-order valence-corrected chi connectivity index (χ1v) is 9.13. The van der Waals surface area contributed by atoms with Crippen molar-refractivity contribution in [3.8, 4) is 0 Å². The molecule has 0 aromatic carbocycles. The Bertz CT molecular complexity index is 544. The summed E-state index contributed by atoms with van der Waals surface area (Å²) in [6, 6.07) is 1.57. The van der Waals surface area contributed by atoms with Crippen molar-refractivity contribution in [1.82, 2.24) is 4.31 Å². The van der Waals surface area contributed by atoms with E-state index in [2.05, 4.69) is 15.9 Å². The second kappa shape index (κ2) is 6.19. The van der Waals surface area contributed by atoms with Crippen molar-refractivity contribution in [3.63, 3.8) is 0 Å². The first-order chi connectivity index (χ1) is 9.00. The van der Waals surface area contributed by atoms with Gasteiger partial charge in [-0.1, -0.05) is 6.92 Å². The highest BCUT2D eigenvalue weighted by molar-refractivity contribution is 9.11. The molecule has 0 spiro atoms. The molecular formula is C11H17BrN2O3S2. The predicted octanol–water partition coefficient (Wildman–Crippen LogP) is 1.77. The van der Waals surface area contributed by atoms with Crippen molar-refractivity contribution in [2.75, 3.05) is 19.8 Å². The third-order valence-electron chi connectivity index (χ3n) is 3.14. The highest BCUT2D eigenvalue weighted by atomic mass is 79.9. The largest absolute Gasteiger partial charge is 0.378 e. The van der Waals surface area contributed by atoms with Gasteiger partial charge >= 0.3 is 0 Å². The maximum atomic E-state index is 12.7. The van der Waals surface area contributed by atoms with Crippen molar-refractivity contribution in [1.29, 1.82) is 0 Å². The number of halogens is 1. The number of rotatable bonds is 4. The van der Waals surface area contributed by atoms with Crippen molar-refractivity contribution in [2.45, 2.75) is 30.8 Å². The quantitative estimate of drug-likeness (QED) is 0.878. The molecule has 0 amide bonds. The summed E-state index contributed by atoms with van der Waals surface area (Å²) in [5, 5.41) is 0. The molecule has 5 nitrogen and oxygen atoms in total. The number of hydrogen-bond acceptors (Lipinski definition) is 5. The Kier molecular flexibility index (Phi) is 5.02. The molecule has 0 saturated carbocycles. The molecule has 108 valence electrons. The number of ether oxygens (including phenoxy) is 1. The van der Waals surface area contributed by atoms with Crippen molar-refractivity contribution >= 4 is 37.3 Å². The van der Waals surface area contributed by atoms with E-state index >= 15 is 0 Å². The van der Waals surface area contributed by atoms with E-state index in [0.717, 1.165) is 11.3 Å². The second-order valence-electron chi connectivity index (χ2n) is 4.31. The summed E-state index contributed by atoms with van der Waals surface area (Å²) in [5.41, 5.74) is 5.57. The van der Waals surface area contributed by atoms with Gasteiger partial charge in [-0.2, -0.15) is 4.31 Å². The smallest absolute Gasteiger partial charge is 0.245 e. The first-order valence-electron chi connectivity index (χ1n) is 6.08. The summed E-state index contributed by atoms with van der Waals surface area (Å²) in [5.74, 6) is 0. The van der Waals surface area contributed by atoms with Crippen LogP contribution < -0.4 is 5.73 Å². The number of hydrogen-bond donors (Lipinski definition) is 1. The van der Waals surface area contributed by atoms with Crippen LogP contribution in [0, 0.1) is 0 Å². The van der Waals surface area contributed by atoms with Crippen LogP contribution >= 0.6 is 27.3 Å². The molecule has 0 bridgehead atoms. The van der Waals surface area contributed by atoms with Gasteiger partial charge in [0.05, 0.1) is 17.0 Å². The van der Waals surface area contributed by atoms with E-state index in [1.807, 2.05) is 6.92 Å². The van der Waals surface area contributed by atoms with Crippen LogP contribution in [0.4, 0.5) is 0 Å². The highest BCUT2D eigenvalue weighted by Crippen LogP contribution is 2.34. The summed E-state index contributed by atoms with van der Waals surface area (Å²) in [6.07, 6.45) is 0.741. The standard InChI is InChI=1S/C11H17BrN2O3S2/c1-2-8-7-17-4-3-14(8)19(15,16)10-5-9(6-13)18-11(10)12/h5,8H,2-4,6-7,13H2,1H3. The molecular weight excluding hydrogens is 352 g/mol. The molecule has 1 aromatic heterocycles. The molecule has 0 aliphatic carbocycles. The molecule has 1 aliphatic heterocycles. The van der Waals surface area contributed by atoms with Crippen LogP contribution in [-0.2, 0) is 21.3 Å². The third-order valence-corrected chi connectivity index (χ3v) is 7.37. The molecule has 1 aromatic rings. The van der Waals surface area contributed by atoms with Gasteiger partial charge in [-0.05, 0) is 28.4 Å². The number of nitrogens with zero attached hydrogens (tertiary/aromatic N) is 1. The zero-order chi connectivity index (χ0) is 14.0. The predicted molar refractivity (Wildman–Crippen MR) is 78.7 cm³/mol. The number of morpholine rings is 1. The van der Waals surface area contributed by atoms with Crippen molar-refractivity contribution in [2.24, 2.45) is 5.73 Å². The molecule has 1 saturated heterocycles. The highest BCUT2D eigenvalue weighted by Gasteiger charge is 2.35. The van der Waals surface area contributed by atoms with Gasteiger partial charge in [-0.25, -0.2) is 8.42 Å². The first kappa shape index (κ1) is 15.4. The molecule has 2 heterocycles. The Hall–Kier alpha value is 0.01000. The lowest BCUT2D eigenvalue weighted by molar-refractivity contribution is 0.0314. The third kappa shape index (κ3) is 3.03. The minimum absolute atomic E-state index is 0.0909. The Morgan fingerprint density at radius 3 is 2.95 bits per heavy atom. The van der Waals surface area contributed by atoms with E-state index < -0.39 is 10.0 Å². The molecule has 0 radical (unpaired) electrons. The zero-order valence-corrected chi connectivity index (χ0v) is 13.9. The lowest BCUT2D eigenvalue weighted by atomic mass is 10.2.